The highest BCUT2D eigenvalue weighted by molar-refractivity contribution is 5.93. The van der Waals surface area contributed by atoms with E-state index in [4.69, 9.17) is 10.00 Å². The normalized spacial score (nSPS) is 15.3. The number of likely N-dealkylation sites (tertiary alicyclic amines) is 1. The third-order valence-corrected chi connectivity index (χ3v) is 5.70. The zero-order valence-corrected chi connectivity index (χ0v) is 16.4. The maximum Gasteiger partial charge on any atom is 0.273 e. The number of aromatic nitrogens is 2. The Morgan fingerprint density at radius 3 is 2.80 bits per heavy atom. The van der Waals surface area contributed by atoms with Gasteiger partial charge in [-0.15, -0.1) is 0 Å². The minimum absolute atomic E-state index is 0.0106. The summed E-state index contributed by atoms with van der Waals surface area (Å²) in [5.41, 5.74) is 4.41. The highest BCUT2D eigenvalue weighted by Crippen LogP contribution is 2.39. The molecule has 30 heavy (non-hydrogen) atoms. The molecule has 0 unspecified atom stereocenters. The van der Waals surface area contributed by atoms with E-state index in [1.54, 1.807) is 35.0 Å². The summed E-state index contributed by atoms with van der Waals surface area (Å²) in [5.74, 6) is 0.187. The van der Waals surface area contributed by atoms with Crippen LogP contribution in [0.15, 0.2) is 36.5 Å². The van der Waals surface area contributed by atoms with Gasteiger partial charge in [0.2, 0.25) is 0 Å². The predicted octanol–water partition coefficient (Wildman–Crippen LogP) is 2.90. The lowest BCUT2D eigenvalue weighted by Crippen LogP contribution is -2.56. The van der Waals surface area contributed by atoms with Gasteiger partial charge in [-0.2, -0.15) is 5.26 Å². The van der Waals surface area contributed by atoms with E-state index >= 15 is 0 Å². The Morgan fingerprint density at radius 2 is 2.10 bits per heavy atom. The van der Waals surface area contributed by atoms with Gasteiger partial charge in [-0.25, -0.2) is 4.39 Å². The second-order valence-corrected chi connectivity index (χ2v) is 7.66. The fourth-order valence-electron chi connectivity index (χ4n) is 3.93. The number of nitriles is 1. The summed E-state index contributed by atoms with van der Waals surface area (Å²) in [4.78, 5) is 14.1. The van der Waals surface area contributed by atoms with Gasteiger partial charge in [-0.3, -0.25) is 9.48 Å². The van der Waals surface area contributed by atoms with Crippen molar-refractivity contribution in [2.24, 2.45) is 7.05 Å². The van der Waals surface area contributed by atoms with E-state index in [9.17, 15) is 9.18 Å². The van der Waals surface area contributed by atoms with Crippen LogP contribution in [0.5, 0.6) is 5.75 Å². The Bertz CT molecular complexity index is 1180. The molecule has 1 fully saturated rings. The molecule has 152 valence electrons. The first-order chi connectivity index (χ1) is 14.5. The minimum atomic E-state index is -0.526. The lowest BCUT2D eigenvalue weighted by molar-refractivity contribution is 0.0167. The summed E-state index contributed by atoms with van der Waals surface area (Å²) in [6.45, 7) is 1.88. The molecular formula is C22H20FN5O2. The van der Waals surface area contributed by atoms with E-state index in [1.807, 2.05) is 12.1 Å². The van der Waals surface area contributed by atoms with Gasteiger partial charge in [0.05, 0.1) is 24.3 Å². The van der Waals surface area contributed by atoms with E-state index in [0.717, 1.165) is 41.1 Å². The van der Waals surface area contributed by atoms with E-state index in [2.05, 4.69) is 16.5 Å². The fourth-order valence-corrected chi connectivity index (χ4v) is 3.93. The second-order valence-electron chi connectivity index (χ2n) is 7.66. The van der Waals surface area contributed by atoms with E-state index in [0.29, 0.717) is 18.8 Å². The maximum absolute atomic E-state index is 13.7. The number of anilines is 1. The van der Waals surface area contributed by atoms with Crippen molar-refractivity contribution in [1.29, 1.82) is 5.26 Å². The van der Waals surface area contributed by atoms with Gasteiger partial charge in [0.25, 0.3) is 5.91 Å². The molecule has 2 N–H and O–H groups in total. The first-order valence-electron chi connectivity index (χ1n) is 9.80. The van der Waals surface area contributed by atoms with Gasteiger partial charge < -0.3 is 20.1 Å². The van der Waals surface area contributed by atoms with Crippen LogP contribution in [-0.4, -0.2) is 46.3 Å². The number of rotatable bonds is 4. The Morgan fingerprint density at radius 1 is 1.27 bits per heavy atom. The Balaban J connectivity index is 1.37. The van der Waals surface area contributed by atoms with Gasteiger partial charge in [0.15, 0.2) is 0 Å². The smallest absolute Gasteiger partial charge is 0.273 e. The summed E-state index contributed by atoms with van der Waals surface area (Å²) in [7, 11) is 1.80. The topological polar surface area (TPSA) is 86.1 Å². The van der Waals surface area contributed by atoms with Crippen LogP contribution in [0.1, 0.15) is 21.6 Å². The molecule has 2 aliphatic rings. The van der Waals surface area contributed by atoms with E-state index in [-0.39, 0.29) is 17.6 Å². The molecule has 3 heterocycles. The van der Waals surface area contributed by atoms with Gasteiger partial charge in [0.1, 0.15) is 29.4 Å². The van der Waals surface area contributed by atoms with Gasteiger partial charge >= 0.3 is 0 Å². The molecule has 2 aromatic carbocycles. The predicted molar refractivity (Wildman–Crippen MR) is 109 cm³/mol. The number of hydrogen-bond donors (Lipinski definition) is 2. The maximum atomic E-state index is 13.7. The quantitative estimate of drug-likeness (QED) is 0.699. The Kier molecular flexibility index (Phi) is 4.24. The van der Waals surface area contributed by atoms with Crippen molar-refractivity contribution in [1.82, 2.24) is 14.7 Å². The Hall–Kier alpha value is -3.73. The SMILES string of the molecule is Cn1[nH]cc1C(=O)N1CC(Oc2cc(-c3ccc(F)c(C#N)c3)cc3c2NCC3)C1. The van der Waals surface area contributed by atoms with Gasteiger partial charge in [-0.05, 0) is 47.4 Å². The van der Waals surface area contributed by atoms with Crippen LogP contribution in [0.2, 0.25) is 0 Å². The molecule has 5 rings (SSSR count). The zero-order chi connectivity index (χ0) is 20.8. The summed E-state index contributed by atoms with van der Waals surface area (Å²) in [5, 5.41) is 15.4. The molecule has 2 aliphatic heterocycles. The van der Waals surface area contributed by atoms with Gasteiger partial charge in [-0.1, -0.05) is 6.07 Å². The first-order valence-corrected chi connectivity index (χ1v) is 9.80. The zero-order valence-electron chi connectivity index (χ0n) is 16.4. The van der Waals surface area contributed by atoms with E-state index < -0.39 is 5.82 Å². The van der Waals surface area contributed by atoms with Crippen LogP contribution in [0.25, 0.3) is 11.1 Å². The summed E-state index contributed by atoms with van der Waals surface area (Å²) >= 11 is 0. The number of benzene rings is 2. The molecule has 1 amide bonds. The number of fused-ring (bicyclic) bond motifs is 1. The van der Waals surface area contributed by atoms with Crippen molar-refractivity contribution >= 4 is 11.6 Å². The lowest BCUT2D eigenvalue weighted by Gasteiger charge is -2.39. The minimum Gasteiger partial charge on any atom is -0.485 e. The molecule has 0 radical (unpaired) electrons. The van der Waals surface area contributed by atoms with Crippen molar-refractivity contribution in [3.8, 4) is 22.9 Å². The average molecular weight is 405 g/mol. The number of ether oxygens (including phenoxy) is 1. The first kappa shape index (κ1) is 18.3. The number of nitrogens with zero attached hydrogens (tertiary/aromatic N) is 3. The number of amides is 1. The number of H-pyrrole nitrogens is 1. The largest absolute Gasteiger partial charge is 0.485 e. The summed E-state index contributed by atoms with van der Waals surface area (Å²) in [6.07, 6.45) is 2.47. The molecule has 0 spiro atoms. The third kappa shape index (κ3) is 2.99. The molecule has 1 saturated heterocycles. The number of halogens is 1. The second kappa shape index (κ2) is 6.95. The van der Waals surface area contributed by atoms with Crippen LogP contribution >= 0.6 is 0 Å². The van der Waals surface area contributed by atoms with Crippen molar-refractivity contribution in [3.05, 3.63) is 59.2 Å². The molecular weight excluding hydrogens is 385 g/mol. The number of carbonyl (C=O) groups is 1. The van der Waals surface area contributed by atoms with Crippen LogP contribution in [-0.2, 0) is 13.5 Å². The highest BCUT2D eigenvalue weighted by atomic mass is 19.1. The lowest BCUT2D eigenvalue weighted by atomic mass is 9.99. The average Bonchev–Trinajstić information content (AvgIpc) is 3.18. The Labute approximate surface area is 172 Å². The molecule has 0 saturated carbocycles. The van der Waals surface area contributed by atoms with Gasteiger partial charge in [0, 0.05) is 19.8 Å². The molecule has 1 aromatic heterocycles. The van der Waals surface area contributed by atoms with Crippen molar-refractivity contribution in [2.75, 3.05) is 25.0 Å². The third-order valence-electron chi connectivity index (χ3n) is 5.70. The van der Waals surface area contributed by atoms with Crippen LogP contribution < -0.4 is 10.1 Å². The molecule has 7 nitrogen and oxygen atoms in total. The van der Waals surface area contributed by atoms with Crippen molar-refractivity contribution in [3.63, 3.8) is 0 Å². The number of hydrogen-bond acceptors (Lipinski definition) is 4. The fraction of sp³-hybridized carbons (Fsp3) is 0.273. The van der Waals surface area contributed by atoms with Crippen LogP contribution in [0, 0.1) is 17.1 Å². The standard InChI is InChI=1S/C22H20FN5O2/c1-27-19(10-26-27)22(29)28-11-17(12-28)30-20-8-15(7-14-4-5-25-21(14)20)13-2-3-18(23)16(6-13)9-24/h2-3,6-8,10,17,25-26H,4-5,11-12H2,1H3. The van der Waals surface area contributed by atoms with Crippen LogP contribution in [0.3, 0.4) is 0 Å². The molecule has 3 aromatic rings. The summed E-state index contributed by atoms with van der Waals surface area (Å²) < 4.78 is 21.6. The highest BCUT2D eigenvalue weighted by Gasteiger charge is 2.35. The number of nitrogens with one attached hydrogen (secondary N) is 2. The summed E-state index contributed by atoms with van der Waals surface area (Å²) in [6, 6.07) is 10.4. The van der Waals surface area contributed by atoms with Crippen LogP contribution in [0.4, 0.5) is 10.1 Å². The molecule has 8 heteroatoms. The molecule has 0 bridgehead atoms. The van der Waals surface area contributed by atoms with E-state index in [1.165, 1.54) is 6.07 Å². The molecule has 0 atom stereocenters. The number of aromatic amines is 1. The van der Waals surface area contributed by atoms with Crippen molar-refractivity contribution < 1.29 is 13.9 Å². The number of aryl methyl sites for hydroxylation is 1. The monoisotopic (exact) mass is 405 g/mol. The van der Waals surface area contributed by atoms with Crippen molar-refractivity contribution in [2.45, 2.75) is 12.5 Å². The molecule has 0 aliphatic carbocycles. The number of carbonyl (C=O) groups excluding carboxylic acids is 1.